The van der Waals surface area contributed by atoms with E-state index < -0.39 is 6.10 Å². The van der Waals surface area contributed by atoms with Crippen LogP contribution in [0.4, 0.5) is 0 Å². The maximum atomic E-state index is 11.4. The van der Waals surface area contributed by atoms with Crippen LogP contribution in [0.5, 0.6) is 5.75 Å². The number of nitriles is 1. The molecule has 0 saturated heterocycles. The molecule has 7 heteroatoms. The van der Waals surface area contributed by atoms with Crippen molar-refractivity contribution in [2.75, 3.05) is 20.3 Å². The highest BCUT2D eigenvalue weighted by Crippen LogP contribution is 2.31. The van der Waals surface area contributed by atoms with Gasteiger partial charge in [-0.1, -0.05) is 30.3 Å². The van der Waals surface area contributed by atoms with Crippen LogP contribution in [0.1, 0.15) is 48.9 Å². The van der Waals surface area contributed by atoms with Gasteiger partial charge in [0.1, 0.15) is 24.5 Å². The molecule has 0 amide bonds. The molecule has 3 rings (SSSR count). The van der Waals surface area contributed by atoms with E-state index in [0.717, 1.165) is 24.8 Å². The lowest BCUT2D eigenvalue weighted by Crippen LogP contribution is -2.46. The molecular weight excluding hydrogens is 452 g/mol. The van der Waals surface area contributed by atoms with Gasteiger partial charge in [0.2, 0.25) is 0 Å². The average Bonchev–Trinajstić information content (AvgIpc) is 3.21. The van der Waals surface area contributed by atoms with Crippen LogP contribution in [0, 0.1) is 17.2 Å². The van der Waals surface area contributed by atoms with Crippen LogP contribution in [0.15, 0.2) is 42.5 Å². The topological polar surface area (TPSA) is 91.6 Å². The van der Waals surface area contributed by atoms with Crippen molar-refractivity contribution in [1.82, 2.24) is 5.32 Å². The highest BCUT2D eigenvalue weighted by Gasteiger charge is 2.28. The van der Waals surface area contributed by atoms with E-state index in [9.17, 15) is 15.2 Å². The van der Waals surface area contributed by atoms with Crippen molar-refractivity contribution in [2.24, 2.45) is 5.92 Å². The van der Waals surface area contributed by atoms with Crippen LogP contribution >= 0.6 is 12.4 Å². The third kappa shape index (κ3) is 8.02. The Morgan fingerprint density at radius 1 is 1.24 bits per heavy atom. The van der Waals surface area contributed by atoms with Crippen LogP contribution < -0.4 is 10.1 Å². The molecule has 2 aromatic carbocycles. The Morgan fingerprint density at radius 2 is 1.91 bits per heavy atom. The zero-order valence-corrected chi connectivity index (χ0v) is 21.0. The minimum atomic E-state index is -0.713. The van der Waals surface area contributed by atoms with Gasteiger partial charge in [-0.05, 0) is 74.3 Å². The van der Waals surface area contributed by atoms with Crippen LogP contribution in [-0.2, 0) is 28.8 Å². The second-order valence-electron chi connectivity index (χ2n) is 9.50. The molecule has 6 nitrogen and oxygen atoms in total. The molecular formula is C27H35ClN2O4. The number of β-amino-alcohol motifs (C(OH)–C–C–N with tert-alkyl or cyclic N) is 1. The summed E-state index contributed by atoms with van der Waals surface area (Å²) in [5, 5.41) is 23.3. The molecule has 34 heavy (non-hydrogen) atoms. The van der Waals surface area contributed by atoms with Crippen molar-refractivity contribution >= 4 is 18.4 Å². The van der Waals surface area contributed by atoms with E-state index >= 15 is 0 Å². The van der Waals surface area contributed by atoms with Gasteiger partial charge < -0.3 is 19.9 Å². The van der Waals surface area contributed by atoms with Gasteiger partial charge in [-0.25, -0.2) is 0 Å². The predicted molar refractivity (Wildman–Crippen MR) is 134 cm³/mol. The van der Waals surface area contributed by atoms with Crippen molar-refractivity contribution in [3.05, 3.63) is 64.7 Å². The Morgan fingerprint density at radius 3 is 2.53 bits per heavy atom. The van der Waals surface area contributed by atoms with Gasteiger partial charge >= 0.3 is 5.97 Å². The number of aliphatic hydroxyl groups is 1. The van der Waals surface area contributed by atoms with E-state index in [0.29, 0.717) is 30.2 Å². The van der Waals surface area contributed by atoms with E-state index in [-0.39, 0.29) is 36.9 Å². The number of nitrogens with one attached hydrogen (secondary N) is 1. The molecule has 0 aromatic heterocycles. The number of aryl methyl sites for hydroxylation is 1. The number of carbonyl (C=O) groups excluding carboxylic acids is 1. The number of halogens is 1. The highest BCUT2D eigenvalue weighted by molar-refractivity contribution is 5.85. The van der Waals surface area contributed by atoms with Crippen molar-refractivity contribution in [3.63, 3.8) is 0 Å². The molecule has 0 heterocycles. The average molecular weight is 487 g/mol. The quantitative estimate of drug-likeness (QED) is 0.466. The Hall–Kier alpha value is -2.59. The molecule has 1 aliphatic rings. The fourth-order valence-corrected chi connectivity index (χ4v) is 4.51. The molecule has 0 aliphatic heterocycles. The van der Waals surface area contributed by atoms with Gasteiger partial charge in [0.15, 0.2) is 0 Å². The van der Waals surface area contributed by atoms with Crippen LogP contribution in [-0.4, -0.2) is 43.0 Å². The summed E-state index contributed by atoms with van der Waals surface area (Å²) in [6.07, 6.45) is 3.28. The molecule has 0 bridgehead atoms. The maximum Gasteiger partial charge on any atom is 0.305 e. The van der Waals surface area contributed by atoms with E-state index in [1.165, 1.54) is 18.2 Å². The van der Waals surface area contributed by atoms with Gasteiger partial charge in [-0.15, -0.1) is 12.4 Å². The molecule has 2 aromatic rings. The predicted octanol–water partition coefficient (Wildman–Crippen LogP) is 4.00. The SMILES string of the molecule is COC(=O)CCc1ccc(C#N)c(OC[C@H](O)CNC(C)(C)CC2Cc3ccccc3C2)c1.Cl. The maximum absolute atomic E-state index is 11.4. The standard InChI is InChI=1S/C27H34N2O4.ClH/c1-27(2,15-20-12-21-6-4-5-7-22(21)13-20)29-17-24(30)18-33-25-14-19(8-10-23(25)16-28)9-11-26(31)32-3;/h4-8,10,14,20,24,29-30H,9,11-13,15,17-18H2,1-3H3;1H/t24-;/m1./s1. The summed E-state index contributed by atoms with van der Waals surface area (Å²) >= 11 is 0. The molecule has 1 aliphatic carbocycles. The molecule has 1 atom stereocenters. The summed E-state index contributed by atoms with van der Waals surface area (Å²) in [5.41, 5.74) is 4.07. The fraction of sp³-hybridized carbons (Fsp3) is 0.481. The summed E-state index contributed by atoms with van der Waals surface area (Å²) in [7, 11) is 1.36. The number of nitrogens with zero attached hydrogens (tertiary/aromatic N) is 1. The zero-order chi connectivity index (χ0) is 23.8. The Labute approximate surface area is 208 Å². The molecule has 0 unspecified atom stereocenters. The first-order chi connectivity index (χ1) is 15.8. The summed E-state index contributed by atoms with van der Waals surface area (Å²) < 4.78 is 10.5. The number of ether oxygens (including phenoxy) is 2. The number of hydrogen-bond acceptors (Lipinski definition) is 6. The Bertz CT molecular complexity index is 977. The van der Waals surface area contributed by atoms with E-state index in [1.54, 1.807) is 18.2 Å². The van der Waals surface area contributed by atoms with E-state index in [1.807, 2.05) is 0 Å². The van der Waals surface area contributed by atoms with Crippen molar-refractivity contribution in [3.8, 4) is 11.8 Å². The van der Waals surface area contributed by atoms with Crippen LogP contribution in [0.2, 0.25) is 0 Å². The molecule has 0 fully saturated rings. The third-order valence-electron chi connectivity index (χ3n) is 6.19. The molecule has 0 saturated carbocycles. The zero-order valence-electron chi connectivity index (χ0n) is 20.2. The number of fused-ring (bicyclic) bond motifs is 1. The fourth-order valence-electron chi connectivity index (χ4n) is 4.51. The smallest absolute Gasteiger partial charge is 0.305 e. The van der Waals surface area contributed by atoms with Gasteiger partial charge in [0.25, 0.3) is 0 Å². The lowest BCUT2D eigenvalue weighted by atomic mass is 9.88. The van der Waals surface area contributed by atoms with Gasteiger partial charge in [-0.3, -0.25) is 4.79 Å². The number of benzene rings is 2. The van der Waals surface area contributed by atoms with Crippen molar-refractivity contribution in [1.29, 1.82) is 5.26 Å². The van der Waals surface area contributed by atoms with Gasteiger partial charge in [0, 0.05) is 18.5 Å². The first-order valence-corrected chi connectivity index (χ1v) is 11.5. The van der Waals surface area contributed by atoms with Gasteiger partial charge in [-0.2, -0.15) is 5.26 Å². The van der Waals surface area contributed by atoms with Crippen molar-refractivity contribution < 1.29 is 19.4 Å². The Kier molecular flexibility index (Phi) is 10.4. The first kappa shape index (κ1) is 27.7. The second kappa shape index (κ2) is 12.8. The van der Waals surface area contributed by atoms with E-state index in [2.05, 4.69) is 54.2 Å². The second-order valence-corrected chi connectivity index (χ2v) is 9.50. The number of aliphatic hydroxyl groups excluding tert-OH is 1. The van der Waals surface area contributed by atoms with Crippen molar-refractivity contribution in [2.45, 2.75) is 57.6 Å². The highest BCUT2D eigenvalue weighted by atomic mass is 35.5. The number of hydrogen-bond donors (Lipinski definition) is 2. The number of methoxy groups -OCH3 is 1. The molecule has 2 N–H and O–H groups in total. The largest absolute Gasteiger partial charge is 0.489 e. The molecule has 184 valence electrons. The number of rotatable bonds is 11. The summed E-state index contributed by atoms with van der Waals surface area (Å²) in [4.78, 5) is 11.4. The molecule has 0 spiro atoms. The normalized spacial score (nSPS) is 14.0. The minimum absolute atomic E-state index is 0. The third-order valence-corrected chi connectivity index (χ3v) is 6.19. The first-order valence-electron chi connectivity index (χ1n) is 11.5. The van der Waals surface area contributed by atoms with Gasteiger partial charge in [0.05, 0.1) is 12.7 Å². The summed E-state index contributed by atoms with van der Waals surface area (Å²) in [5.74, 6) is 0.735. The van der Waals surface area contributed by atoms with E-state index in [4.69, 9.17) is 4.74 Å². The number of carbonyl (C=O) groups is 1. The van der Waals surface area contributed by atoms with Crippen LogP contribution in [0.25, 0.3) is 0 Å². The lowest BCUT2D eigenvalue weighted by Gasteiger charge is -2.30. The minimum Gasteiger partial charge on any atom is -0.489 e. The lowest BCUT2D eigenvalue weighted by molar-refractivity contribution is -0.140. The Balaban J connectivity index is 0.00000408. The summed E-state index contributed by atoms with van der Waals surface area (Å²) in [6.45, 7) is 4.81. The monoisotopic (exact) mass is 486 g/mol. The van der Waals surface area contributed by atoms with Crippen LogP contribution in [0.3, 0.4) is 0 Å². The number of esters is 1. The molecule has 0 radical (unpaired) electrons. The summed E-state index contributed by atoms with van der Waals surface area (Å²) in [6, 6.07) is 16.0.